The van der Waals surface area contributed by atoms with Gasteiger partial charge in [0.1, 0.15) is 5.67 Å². The molecule has 1 atom stereocenters. The van der Waals surface area contributed by atoms with E-state index in [1.54, 1.807) is 0 Å². The van der Waals surface area contributed by atoms with Crippen LogP contribution in [0.2, 0.25) is 0 Å². The number of halogens is 1. The zero-order valence-corrected chi connectivity index (χ0v) is 8.77. The molecule has 3 fully saturated rings. The summed E-state index contributed by atoms with van der Waals surface area (Å²) in [5.74, 6) is 1.30. The molecule has 3 aliphatic carbocycles. The third kappa shape index (κ3) is 2.00. The number of hydrogen-bond acceptors (Lipinski definition) is 1. The van der Waals surface area contributed by atoms with E-state index in [0.717, 1.165) is 45.2 Å². The molecule has 14 heavy (non-hydrogen) atoms. The van der Waals surface area contributed by atoms with Crippen LogP contribution in [-0.4, -0.2) is 18.8 Å². The lowest BCUT2D eigenvalue weighted by Crippen LogP contribution is -2.31. The summed E-state index contributed by atoms with van der Waals surface area (Å²) < 4.78 is 13.5. The molecule has 3 aliphatic rings. The third-order valence-corrected chi connectivity index (χ3v) is 3.72. The van der Waals surface area contributed by atoms with Gasteiger partial charge in [-0.05, 0) is 57.0 Å². The smallest absolute Gasteiger partial charge is 0.112 e. The number of hydrogen-bond donors (Lipinski definition) is 1. The molecule has 0 aromatic heterocycles. The highest BCUT2D eigenvalue weighted by Crippen LogP contribution is 2.57. The minimum Gasteiger partial charge on any atom is -0.316 e. The van der Waals surface area contributed by atoms with Crippen molar-refractivity contribution >= 4 is 0 Å². The van der Waals surface area contributed by atoms with Crippen LogP contribution in [0.1, 0.15) is 32.1 Å². The molecule has 1 N–H and O–H groups in total. The maximum absolute atomic E-state index is 13.5. The fourth-order valence-corrected chi connectivity index (χ4v) is 2.91. The molecule has 0 saturated heterocycles. The van der Waals surface area contributed by atoms with Crippen molar-refractivity contribution in [2.45, 2.75) is 37.8 Å². The van der Waals surface area contributed by atoms with Crippen LogP contribution < -0.4 is 5.32 Å². The minimum absolute atomic E-state index is 0.615. The van der Waals surface area contributed by atoms with E-state index < -0.39 is 5.67 Å². The van der Waals surface area contributed by atoms with E-state index in [-0.39, 0.29) is 0 Å². The number of allylic oxidation sites excluding steroid dienone is 1. The second-order valence-electron chi connectivity index (χ2n) is 4.92. The van der Waals surface area contributed by atoms with Crippen LogP contribution >= 0.6 is 0 Å². The quantitative estimate of drug-likeness (QED) is 0.510. The average Bonchev–Trinajstić information content (AvgIpc) is 2.57. The van der Waals surface area contributed by atoms with E-state index in [9.17, 15) is 4.39 Å². The molecule has 0 radical (unpaired) electrons. The van der Waals surface area contributed by atoms with Crippen molar-refractivity contribution in [3.05, 3.63) is 12.7 Å². The molecule has 3 saturated carbocycles. The number of alkyl halides is 1. The molecule has 2 heteroatoms. The molecule has 0 spiro atoms. The van der Waals surface area contributed by atoms with Crippen LogP contribution in [0.25, 0.3) is 0 Å². The van der Waals surface area contributed by atoms with Crippen molar-refractivity contribution in [1.29, 1.82) is 0 Å². The summed E-state index contributed by atoms with van der Waals surface area (Å²) in [7, 11) is 0. The van der Waals surface area contributed by atoms with Crippen LogP contribution in [0.5, 0.6) is 0 Å². The number of unbranched alkanes of at least 4 members (excludes halogenated alkanes) is 1. The SMILES string of the molecule is C=CCCCNCC1CC2(F)CC1C2. The second kappa shape index (κ2) is 4.01. The highest BCUT2D eigenvalue weighted by atomic mass is 19.1. The largest absolute Gasteiger partial charge is 0.316 e. The first-order chi connectivity index (χ1) is 6.73. The lowest BCUT2D eigenvalue weighted by molar-refractivity contribution is 0.0738. The van der Waals surface area contributed by atoms with Gasteiger partial charge >= 0.3 is 0 Å². The summed E-state index contributed by atoms with van der Waals surface area (Å²) >= 11 is 0. The summed E-state index contributed by atoms with van der Waals surface area (Å²) in [6, 6.07) is 0. The second-order valence-corrected chi connectivity index (χ2v) is 4.92. The van der Waals surface area contributed by atoms with E-state index in [0.29, 0.717) is 11.8 Å². The van der Waals surface area contributed by atoms with Crippen molar-refractivity contribution < 1.29 is 4.39 Å². The Hall–Kier alpha value is -0.370. The van der Waals surface area contributed by atoms with Gasteiger partial charge in [-0.1, -0.05) is 6.08 Å². The highest BCUT2D eigenvalue weighted by molar-refractivity contribution is 5.06. The molecule has 1 nitrogen and oxygen atoms in total. The molecular formula is C12H20FN. The van der Waals surface area contributed by atoms with Gasteiger partial charge in [-0.2, -0.15) is 0 Å². The molecule has 3 rings (SSSR count). The summed E-state index contributed by atoms with van der Waals surface area (Å²) in [5.41, 5.74) is -0.752. The van der Waals surface area contributed by atoms with E-state index in [1.165, 1.54) is 0 Å². The van der Waals surface area contributed by atoms with Crippen LogP contribution in [0.15, 0.2) is 12.7 Å². The lowest BCUT2D eigenvalue weighted by Gasteiger charge is -2.30. The summed E-state index contributed by atoms with van der Waals surface area (Å²) in [6.07, 6.45) is 6.67. The number of nitrogens with one attached hydrogen (secondary N) is 1. The molecule has 0 aromatic carbocycles. The molecule has 0 aliphatic heterocycles. The van der Waals surface area contributed by atoms with Crippen molar-refractivity contribution in [2.75, 3.05) is 13.1 Å². The van der Waals surface area contributed by atoms with Crippen LogP contribution in [-0.2, 0) is 0 Å². The topological polar surface area (TPSA) is 12.0 Å². The molecular weight excluding hydrogens is 177 g/mol. The first-order valence-electron chi connectivity index (χ1n) is 5.74. The summed E-state index contributed by atoms with van der Waals surface area (Å²) in [5, 5.41) is 3.42. The number of fused-ring (bicyclic) bond motifs is 1. The van der Waals surface area contributed by atoms with E-state index in [4.69, 9.17) is 0 Å². The van der Waals surface area contributed by atoms with Crippen molar-refractivity contribution in [1.82, 2.24) is 5.32 Å². The van der Waals surface area contributed by atoms with E-state index in [2.05, 4.69) is 11.9 Å². The average molecular weight is 197 g/mol. The molecule has 0 amide bonds. The van der Waals surface area contributed by atoms with Crippen molar-refractivity contribution in [2.24, 2.45) is 11.8 Å². The van der Waals surface area contributed by atoms with Gasteiger partial charge in [0.05, 0.1) is 0 Å². The minimum atomic E-state index is -0.752. The van der Waals surface area contributed by atoms with Gasteiger partial charge in [0, 0.05) is 0 Å². The summed E-state index contributed by atoms with van der Waals surface area (Å²) in [4.78, 5) is 0. The highest BCUT2D eigenvalue weighted by Gasteiger charge is 2.56. The Bertz CT molecular complexity index is 208. The van der Waals surface area contributed by atoms with Gasteiger partial charge in [-0.3, -0.25) is 0 Å². The maximum atomic E-state index is 13.5. The number of rotatable bonds is 6. The monoisotopic (exact) mass is 197 g/mol. The standard InChI is InChI=1S/C12H20FN/c1-2-3-4-5-14-9-11-8-12(13)6-10(11)7-12/h2,10-11,14H,1,3-9H2. The van der Waals surface area contributed by atoms with Crippen LogP contribution in [0.3, 0.4) is 0 Å². The Labute approximate surface area is 85.8 Å². The van der Waals surface area contributed by atoms with Gasteiger partial charge in [0.25, 0.3) is 0 Å². The maximum Gasteiger partial charge on any atom is 0.112 e. The Morgan fingerprint density at radius 1 is 1.43 bits per heavy atom. The first-order valence-corrected chi connectivity index (χ1v) is 5.74. The van der Waals surface area contributed by atoms with Gasteiger partial charge < -0.3 is 5.32 Å². The zero-order valence-electron chi connectivity index (χ0n) is 8.77. The zero-order chi connectivity index (χ0) is 10.0. The van der Waals surface area contributed by atoms with Crippen LogP contribution in [0.4, 0.5) is 4.39 Å². The van der Waals surface area contributed by atoms with Gasteiger partial charge in [0.15, 0.2) is 0 Å². The van der Waals surface area contributed by atoms with Crippen molar-refractivity contribution in [3.8, 4) is 0 Å². The lowest BCUT2D eigenvalue weighted by atomic mass is 9.80. The normalized spacial score (nSPS) is 39.5. The Morgan fingerprint density at radius 2 is 2.21 bits per heavy atom. The molecule has 80 valence electrons. The third-order valence-electron chi connectivity index (χ3n) is 3.72. The fourth-order valence-electron chi connectivity index (χ4n) is 2.91. The van der Waals surface area contributed by atoms with Gasteiger partial charge in [-0.15, -0.1) is 6.58 Å². The molecule has 0 aromatic rings. The molecule has 1 unspecified atom stereocenters. The van der Waals surface area contributed by atoms with E-state index >= 15 is 0 Å². The fraction of sp³-hybridized carbons (Fsp3) is 0.833. The Morgan fingerprint density at radius 3 is 2.79 bits per heavy atom. The van der Waals surface area contributed by atoms with Crippen molar-refractivity contribution in [3.63, 3.8) is 0 Å². The van der Waals surface area contributed by atoms with Crippen LogP contribution in [0, 0.1) is 11.8 Å². The predicted octanol–water partition coefficient (Wildman–Crippen LogP) is 2.68. The van der Waals surface area contributed by atoms with Gasteiger partial charge in [0.2, 0.25) is 0 Å². The van der Waals surface area contributed by atoms with E-state index in [1.807, 2.05) is 6.08 Å². The Balaban J connectivity index is 1.57. The Kier molecular flexibility index (Phi) is 2.91. The first kappa shape index (κ1) is 10.2. The summed E-state index contributed by atoms with van der Waals surface area (Å²) in [6.45, 7) is 5.76. The van der Waals surface area contributed by atoms with Gasteiger partial charge in [-0.25, -0.2) is 4.39 Å². The predicted molar refractivity (Wildman–Crippen MR) is 57.0 cm³/mol. The molecule has 0 heterocycles. The molecule has 2 bridgehead atoms.